The maximum Gasteiger partial charge on any atom is 0.330 e. The van der Waals surface area contributed by atoms with Gasteiger partial charge in [-0.15, -0.1) is 0 Å². The molecule has 1 saturated heterocycles. The van der Waals surface area contributed by atoms with Gasteiger partial charge in [0.1, 0.15) is 11.6 Å². The molecule has 13 heteroatoms. The van der Waals surface area contributed by atoms with Gasteiger partial charge in [0, 0.05) is 26.7 Å². The second-order valence-electron chi connectivity index (χ2n) is 7.74. The number of nitrogen functional groups attached to an aromatic ring is 1. The smallest absolute Gasteiger partial charge is 0.330 e. The number of hydrogen-bond acceptors (Lipinski definition) is 8. The van der Waals surface area contributed by atoms with Crippen molar-refractivity contribution in [1.82, 2.24) is 13.9 Å². The summed E-state index contributed by atoms with van der Waals surface area (Å²) in [5.74, 6) is -0.769. The monoisotopic (exact) mass is 495 g/mol. The number of nitrogens with two attached hydrogens (primary N) is 1. The number of sulfonamides is 1. The Morgan fingerprint density at radius 2 is 1.94 bits per heavy atom. The highest BCUT2D eigenvalue weighted by molar-refractivity contribution is 7.89. The third kappa shape index (κ3) is 4.86. The number of carbonyl (C=O) groups excluding carboxylic acids is 1. The lowest BCUT2D eigenvalue weighted by molar-refractivity contribution is 0.0730. The van der Waals surface area contributed by atoms with Crippen molar-refractivity contribution in [2.24, 2.45) is 0 Å². The van der Waals surface area contributed by atoms with Crippen molar-refractivity contribution in [1.29, 1.82) is 0 Å². The summed E-state index contributed by atoms with van der Waals surface area (Å²) in [4.78, 5) is 41.3. The highest BCUT2D eigenvalue weighted by Crippen LogP contribution is 2.28. The molecule has 2 aromatic rings. The lowest BCUT2D eigenvalue weighted by Crippen LogP contribution is -2.41. The van der Waals surface area contributed by atoms with E-state index in [2.05, 4.69) is 4.98 Å². The number of unbranched alkanes of at least 4 members (excludes halogenated alkanes) is 1. The van der Waals surface area contributed by atoms with Crippen LogP contribution < -0.4 is 26.6 Å². The number of H-pyrrole nitrogens is 1. The van der Waals surface area contributed by atoms with Gasteiger partial charge in [-0.25, -0.2) is 13.2 Å². The molecule has 186 valence electrons. The molecular weight excluding hydrogens is 466 g/mol. The first kappa shape index (κ1) is 25.5. The highest BCUT2D eigenvalue weighted by Gasteiger charge is 2.30. The highest BCUT2D eigenvalue weighted by atomic mass is 32.2. The standard InChI is InChI=1S/C21H29N5O7S/c1-4-5-8-26-18(22)17(19(27)23-21(26)29)24(2)20(28)15-13-14(6-7-16(15)32-3)34(30,31)25-9-11-33-12-10-25/h6-7,13H,4-5,8-12,22H2,1-3H3,(H,23,27,29). The van der Waals surface area contributed by atoms with E-state index in [1.807, 2.05) is 6.92 Å². The number of amides is 1. The predicted octanol–water partition coefficient (Wildman–Crippen LogP) is 0.225. The van der Waals surface area contributed by atoms with Gasteiger partial charge in [-0.3, -0.25) is 19.1 Å². The van der Waals surface area contributed by atoms with Crippen molar-refractivity contribution in [3.8, 4) is 5.75 Å². The molecule has 12 nitrogen and oxygen atoms in total. The summed E-state index contributed by atoms with van der Waals surface area (Å²) in [6.45, 7) is 3.15. The third-order valence-corrected chi connectivity index (χ3v) is 7.49. The average molecular weight is 496 g/mol. The van der Waals surface area contributed by atoms with Gasteiger partial charge in [0.15, 0.2) is 5.69 Å². The number of nitrogens with one attached hydrogen (secondary N) is 1. The van der Waals surface area contributed by atoms with E-state index in [1.54, 1.807) is 0 Å². The Balaban J connectivity index is 2.05. The van der Waals surface area contributed by atoms with Crippen molar-refractivity contribution in [3.63, 3.8) is 0 Å². The predicted molar refractivity (Wildman–Crippen MR) is 126 cm³/mol. The molecule has 1 aliphatic heterocycles. The number of morpholine rings is 1. The fourth-order valence-electron chi connectivity index (χ4n) is 3.67. The van der Waals surface area contributed by atoms with Crippen LogP contribution in [0.3, 0.4) is 0 Å². The van der Waals surface area contributed by atoms with Crippen LogP contribution in [0.5, 0.6) is 5.75 Å². The van der Waals surface area contributed by atoms with E-state index >= 15 is 0 Å². The molecule has 0 unspecified atom stereocenters. The fourth-order valence-corrected chi connectivity index (χ4v) is 5.11. The number of aromatic nitrogens is 2. The van der Waals surface area contributed by atoms with Gasteiger partial charge in [-0.1, -0.05) is 13.3 Å². The van der Waals surface area contributed by atoms with E-state index in [4.69, 9.17) is 15.2 Å². The Morgan fingerprint density at radius 1 is 1.26 bits per heavy atom. The number of hydrogen-bond donors (Lipinski definition) is 2. The first-order chi connectivity index (χ1) is 16.1. The van der Waals surface area contributed by atoms with Crippen molar-refractivity contribution in [2.75, 3.05) is 51.1 Å². The van der Waals surface area contributed by atoms with Crippen LogP contribution in [0.1, 0.15) is 30.1 Å². The Morgan fingerprint density at radius 3 is 2.56 bits per heavy atom. The first-order valence-corrected chi connectivity index (χ1v) is 12.2. The molecular formula is C21H29N5O7S. The fraction of sp³-hybridized carbons (Fsp3) is 0.476. The Hall–Kier alpha value is -3.16. The van der Waals surface area contributed by atoms with E-state index in [1.165, 1.54) is 41.2 Å². The number of benzene rings is 1. The second kappa shape index (κ2) is 10.4. The minimum atomic E-state index is -3.88. The number of rotatable bonds is 8. The maximum atomic E-state index is 13.4. The Labute approximate surface area is 196 Å². The van der Waals surface area contributed by atoms with Crippen molar-refractivity contribution >= 4 is 27.4 Å². The molecule has 0 aliphatic carbocycles. The second-order valence-corrected chi connectivity index (χ2v) is 9.68. The van der Waals surface area contributed by atoms with Gasteiger partial charge in [0.25, 0.3) is 11.5 Å². The largest absolute Gasteiger partial charge is 0.496 e. The van der Waals surface area contributed by atoms with Crippen LogP contribution in [0.2, 0.25) is 0 Å². The van der Waals surface area contributed by atoms with E-state index in [0.29, 0.717) is 6.42 Å². The minimum Gasteiger partial charge on any atom is -0.496 e. The zero-order valence-corrected chi connectivity index (χ0v) is 20.2. The molecule has 0 spiro atoms. The summed E-state index contributed by atoms with van der Waals surface area (Å²) < 4.78 is 39.1. The Bertz CT molecular complexity index is 1280. The molecule has 1 aliphatic rings. The van der Waals surface area contributed by atoms with Gasteiger partial charge < -0.3 is 20.1 Å². The Kier molecular flexibility index (Phi) is 7.79. The van der Waals surface area contributed by atoms with E-state index in [-0.39, 0.29) is 60.6 Å². The van der Waals surface area contributed by atoms with Crippen LogP contribution in [0, 0.1) is 0 Å². The molecule has 0 atom stereocenters. The number of anilines is 2. The molecule has 1 aromatic heterocycles. The molecule has 1 aromatic carbocycles. The van der Waals surface area contributed by atoms with Crippen molar-refractivity contribution in [2.45, 2.75) is 31.2 Å². The molecule has 0 radical (unpaired) electrons. The third-order valence-electron chi connectivity index (χ3n) is 5.60. The first-order valence-electron chi connectivity index (χ1n) is 10.8. The number of methoxy groups -OCH3 is 1. The quantitative estimate of drug-likeness (QED) is 0.527. The van der Waals surface area contributed by atoms with Gasteiger partial charge >= 0.3 is 5.69 Å². The average Bonchev–Trinajstić information content (AvgIpc) is 2.83. The zero-order chi connectivity index (χ0) is 25.0. The molecule has 0 bridgehead atoms. The van der Waals surface area contributed by atoms with E-state index in [0.717, 1.165) is 11.3 Å². The van der Waals surface area contributed by atoms with Crippen molar-refractivity contribution in [3.05, 3.63) is 44.6 Å². The van der Waals surface area contributed by atoms with Gasteiger partial charge in [-0.05, 0) is 24.6 Å². The summed E-state index contributed by atoms with van der Waals surface area (Å²) >= 11 is 0. The minimum absolute atomic E-state index is 0.0792. The summed E-state index contributed by atoms with van der Waals surface area (Å²) in [5, 5.41) is 0. The summed E-state index contributed by atoms with van der Waals surface area (Å²) in [7, 11) is -1.22. The lowest BCUT2D eigenvalue weighted by atomic mass is 10.1. The number of ether oxygens (including phenoxy) is 2. The normalized spacial score (nSPS) is 14.7. The summed E-state index contributed by atoms with van der Waals surface area (Å²) in [6.07, 6.45) is 1.43. The summed E-state index contributed by atoms with van der Waals surface area (Å²) in [6, 6.07) is 3.94. The SMILES string of the molecule is CCCCn1c(N)c(N(C)C(=O)c2cc(S(=O)(=O)N3CCOCC3)ccc2OC)c(=O)[nH]c1=O. The lowest BCUT2D eigenvalue weighted by Gasteiger charge is -2.26. The van der Waals surface area contributed by atoms with Crippen LogP contribution in [-0.2, 0) is 21.3 Å². The zero-order valence-electron chi connectivity index (χ0n) is 19.4. The molecule has 2 heterocycles. The number of nitrogens with zero attached hydrogens (tertiary/aromatic N) is 3. The van der Waals surface area contributed by atoms with Gasteiger partial charge in [-0.2, -0.15) is 4.31 Å². The maximum absolute atomic E-state index is 13.4. The van der Waals surface area contributed by atoms with E-state index < -0.39 is 27.2 Å². The van der Waals surface area contributed by atoms with Crippen LogP contribution in [0.4, 0.5) is 11.5 Å². The van der Waals surface area contributed by atoms with Crippen LogP contribution in [0.25, 0.3) is 0 Å². The van der Waals surface area contributed by atoms with Gasteiger partial charge in [0.05, 0.1) is 30.8 Å². The molecule has 1 fully saturated rings. The number of carbonyl (C=O) groups is 1. The number of aromatic amines is 1. The van der Waals surface area contributed by atoms with Crippen molar-refractivity contribution < 1.29 is 22.7 Å². The molecule has 1 amide bonds. The van der Waals surface area contributed by atoms with Crippen LogP contribution in [0.15, 0.2) is 32.7 Å². The van der Waals surface area contributed by atoms with Gasteiger partial charge in [0.2, 0.25) is 10.0 Å². The molecule has 3 N–H and O–H groups in total. The molecule has 34 heavy (non-hydrogen) atoms. The molecule has 0 saturated carbocycles. The van der Waals surface area contributed by atoms with Crippen LogP contribution >= 0.6 is 0 Å². The topological polar surface area (TPSA) is 157 Å². The van der Waals surface area contributed by atoms with Crippen LogP contribution in [-0.4, -0.2) is 68.6 Å². The molecule has 3 rings (SSSR count). The summed E-state index contributed by atoms with van der Waals surface area (Å²) in [5.41, 5.74) is 4.31. The van der Waals surface area contributed by atoms with E-state index in [9.17, 15) is 22.8 Å².